The minimum absolute atomic E-state index is 0.179. The lowest BCUT2D eigenvalue weighted by molar-refractivity contribution is -0.133. The molecule has 0 N–H and O–H groups in total. The van der Waals surface area contributed by atoms with Crippen LogP contribution in [0, 0.1) is 11.8 Å². The smallest absolute Gasteiger partial charge is 0.171 e. The molecule has 0 aromatic rings. The Kier molecular flexibility index (Phi) is 3.89. The van der Waals surface area contributed by atoms with Gasteiger partial charge in [0.25, 0.3) is 0 Å². The van der Waals surface area contributed by atoms with Gasteiger partial charge in [-0.3, -0.25) is 4.79 Å². The van der Waals surface area contributed by atoms with E-state index in [-0.39, 0.29) is 16.0 Å². The van der Waals surface area contributed by atoms with Crippen molar-refractivity contribution in [1.29, 1.82) is 0 Å². The molecule has 2 nitrogen and oxygen atoms in total. The molecule has 2 rings (SSSR count). The van der Waals surface area contributed by atoms with Gasteiger partial charge in [0.15, 0.2) is 11.2 Å². The largest absolute Gasteiger partial charge is 0.356 e. The highest BCUT2D eigenvalue weighted by Crippen LogP contribution is 2.50. The van der Waals surface area contributed by atoms with Crippen molar-refractivity contribution in [3.8, 4) is 0 Å². The van der Waals surface area contributed by atoms with E-state index in [1.807, 2.05) is 6.92 Å². The van der Waals surface area contributed by atoms with Crippen molar-refractivity contribution in [2.45, 2.75) is 69.7 Å². The van der Waals surface area contributed by atoms with E-state index >= 15 is 0 Å². The van der Waals surface area contributed by atoms with Gasteiger partial charge >= 0.3 is 0 Å². The number of carbonyl (C=O) groups is 1. The maximum atomic E-state index is 11.9. The van der Waals surface area contributed by atoms with Crippen LogP contribution in [0.3, 0.4) is 0 Å². The SMILES string of the molecule is CCC(=O)[C@@H]1O[C@@H]2CC(C)CC[C@H]2C(C)(C)S1. The summed E-state index contributed by atoms with van der Waals surface area (Å²) >= 11 is 1.74. The van der Waals surface area contributed by atoms with Gasteiger partial charge in [0.05, 0.1) is 6.10 Å². The monoisotopic (exact) mass is 256 g/mol. The van der Waals surface area contributed by atoms with Gasteiger partial charge in [0, 0.05) is 11.2 Å². The van der Waals surface area contributed by atoms with Crippen LogP contribution in [0.2, 0.25) is 0 Å². The van der Waals surface area contributed by atoms with Gasteiger partial charge < -0.3 is 4.74 Å². The Morgan fingerprint density at radius 2 is 2.12 bits per heavy atom. The van der Waals surface area contributed by atoms with E-state index in [0.717, 1.165) is 12.3 Å². The van der Waals surface area contributed by atoms with Crippen LogP contribution in [-0.4, -0.2) is 22.1 Å². The topological polar surface area (TPSA) is 26.3 Å². The fourth-order valence-electron chi connectivity index (χ4n) is 3.13. The molecule has 1 saturated carbocycles. The Labute approximate surface area is 109 Å². The third-order valence-corrected chi connectivity index (χ3v) is 5.77. The molecule has 3 heteroatoms. The van der Waals surface area contributed by atoms with Crippen LogP contribution >= 0.6 is 11.8 Å². The van der Waals surface area contributed by atoms with Crippen LogP contribution in [0.15, 0.2) is 0 Å². The summed E-state index contributed by atoms with van der Waals surface area (Å²) in [5.41, 5.74) is -0.221. The summed E-state index contributed by atoms with van der Waals surface area (Å²) in [4.78, 5) is 11.9. The molecule has 0 bridgehead atoms. The van der Waals surface area contributed by atoms with Crippen LogP contribution < -0.4 is 0 Å². The third-order valence-electron chi connectivity index (χ3n) is 4.27. The second-order valence-corrected chi connectivity index (χ2v) is 7.79. The lowest BCUT2D eigenvalue weighted by Gasteiger charge is -2.49. The molecule has 0 amide bonds. The van der Waals surface area contributed by atoms with E-state index in [1.54, 1.807) is 11.8 Å². The molecular formula is C14H24O2S. The van der Waals surface area contributed by atoms with E-state index in [1.165, 1.54) is 12.8 Å². The average Bonchev–Trinajstić information content (AvgIpc) is 2.26. The minimum Gasteiger partial charge on any atom is -0.356 e. The maximum Gasteiger partial charge on any atom is 0.171 e. The normalized spacial score (nSPS) is 40.7. The lowest BCUT2D eigenvalue weighted by Crippen LogP contribution is -2.50. The highest BCUT2D eigenvalue weighted by atomic mass is 32.2. The Morgan fingerprint density at radius 3 is 2.76 bits per heavy atom. The fraction of sp³-hybridized carbons (Fsp3) is 0.929. The van der Waals surface area contributed by atoms with Crippen molar-refractivity contribution in [1.82, 2.24) is 0 Å². The standard InChI is InChI=1S/C14H24O2S/c1-5-11(15)13-16-12-8-9(2)6-7-10(12)14(3,4)17-13/h9-10,12-13H,5-8H2,1-4H3/t9?,10-,12-,13-/m1/s1. The summed E-state index contributed by atoms with van der Waals surface area (Å²) in [6.07, 6.45) is 4.57. The molecule has 0 aromatic heterocycles. The minimum atomic E-state index is -0.221. The number of thioether (sulfide) groups is 1. The van der Waals surface area contributed by atoms with Crippen molar-refractivity contribution < 1.29 is 9.53 Å². The summed E-state index contributed by atoms with van der Waals surface area (Å²) in [5, 5.41) is 0. The quantitative estimate of drug-likeness (QED) is 0.754. The number of carbonyl (C=O) groups excluding carboxylic acids is 1. The highest BCUT2D eigenvalue weighted by Gasteiger charge is 2.47. The molecule has 1 heterocycles. The van der Waals surface area contributed by atoms with Crippen molar-refractivity contribution >= 4 is 17.5 Å². The number of fused-ring (bicyclic) bond motifs is 1. The predicted octanol–water partition coefficient (Wildman–Crippen LogP) is 3.64. The van der Waals surface area contributed by atoms with Gasteiger partial charge in [-0.15, -0.1) is 11.8 Å². The summed E-state index contributed by atoms with van der Waals surface area (Å²) in [5.74, 6) is 1.61. The first kappa shape index (κ1) is 13.4. The van der Waals surface area contributed by atoms with E-state index in [9.17, 15) is 4.79 Å². The van der Waals surface area contributed by atoms with Crippen LogP contribution in [0.25, 0.3) is 0 Å². The number of ketones is 1. The number of rotatable bonds is 2. The first-order valence-electron chi connectivity index (χ1n) is 6.80. The van der Waals surface area contributed by atoms with Gasteiger partial charge in [-0.25, -0.2) is 0 Å². The Morgan fingerprint density at radius 1 is 1.41 bits per heavy atom. The molecule has 0 spiro atoms. The van der Waals surface area contributed by atoms with Gasteiger partial charge in [-0.1, -0.05) is 34.1 Å². The van der Waals surface area contributed by atoms with E-state index < -0.39 is 0 Å². The predicted molar refractivity (Wildman–Crippen MR) is 72.1 cm³/mol. The first-order chi connectivity index (χ1) is 7.94. The molecule has 0 radical (unpaired) electrons. The van der Waals surface area contributed by atoms with E-state index in [0.29, 0.717) is 18.4 Å². The lowest BCUT2D eigenvalue weighted by atomic mass is 9.75. The molecule has 4 atom stereocenters. The van der Waals surface area contributed by atoms with Crippen molar-refractivity contribution in [2.75, 3.05) is 0 Å². The third kappa shape index (κ3) is 2.70. The van der Waals surface area contributed by atoms with E-state index in [4.69, 9.17) is 4.74 Å². The molecule has 1 aliphatic heterocycles. The molecule has 1 saturated heterocycles. The van der Waals surface area contributed by atoms with Crippen LogP contribution in [-0.2, 0) is 9.53 Å². The molecule has 2 aliphatic rings. The number of ether oxygens (including phenoxy) is 1. The molecule has 98 valence electrons. The summed E-state index contributed by atoms with van der Waals surface area (Å²) in [7, 11) is 0. The maximum absolute atomic E-state index is 11.9. The Hall–Kier alpha value is -0.0200. The van der Waals surface area contributed by atoms with Crippen LogP contribution in [0.1, 0.15) is 53.4 Å². The molecule has 1 unspecified atom stereocenters. The fourth-order valence-corrected chi connectivity index (χ4v) is 4.62. The average molecular weight is 256 g/mol. The number of hydrogen-bond acceptors (Lipinski definition) is 3. The van der Waals surface area contributed by atoms with Crippen LogP contribution in [0.5, 0.6) is 0 Å². The van der Waals surface area contributed by atoms with Crippen molar-refractivity contribution in [3.63, 3.8) is 0 Å². The second kappa shape index (κ2) is 4.93. The van der Waals surface area contributed by atoms with Gasteiger partial charge in [0.2, 0.25) is 0 Å². The van der Waals surface area contributed by atoms with Crippen LogP contribution in [0.4, 0.5) is 0 Å². The van der Waals surface area contributed by atoms with Crippen molar-refractivity contribution in [3.05, 3.63) is 0 Å². The zero-order valence-electron chi connectivity index (χ0n) is 11.4. The molecule has 0 aromatic carbocycles. The number of Topliss-reactive ketones (excluding diaryl/α,β-unsaturated/α-hetero) is 1. The Bertz CT molecular complexity index is 301. The molecule has 1 aliphatic carbocycles. The highest BCUT2D eigenvalue weighted by molar-refractivity contribution is 8.01. The summed E-state index contributed by atoms with van der Waals surface area (Å²) in [6.45, 7) is 8.79. The van der Waals surface area contributed by atoms with Gasteiger partial charge in [0.1, 0.15) is 0 Å². The van der Waals surface area contributed by atoms with Gasteiger partial charge in [-0.05, 0) is 24.7 Å². The second-order valence-electron chi connectivity index (χ2n) is 6.07. The van der Waals surface area contributed by atoms with Gasteiger partial charge in [-0.2, -0.15) is 0 Å². The zero-order chi connectivity index (χ0) is 12.6. The molecule has 17 heavy (non-hydrogen) atoms. The molecule has 2 fully saturated rings. The molecular weight excluding hydrogens is 232 g/mol. The van der Waals surface area contributed by atoms with E-state index in [2.05, 4.69) is 20.8 Å². The Balaban J connectivity index is 2.13. The first-order valence-corrected chi connectivity index (χ1v) is 7.68. The summed E-state index contributed by atoms with van der Waals surface area (Å²) < 4.78 is 6.24. The summed E-state index contributed by atoms with van der Waals surface area (Å²) in [6, 6.07) is 0. The van der Waals surface area contributed by atoms with Crippen molar-refractivity contribution in [2.24, 2.45) is 11.8 Å². The zero-order valence-corrected chi connectivity index (χ0v) is 12.2. The number of hydrogen-bond donors (Lipinski definition) is 0.